The maximum absolute atomic E-state index is 11.6. The fourth-order valence-electron chi connectivity index (χ4n) is 1.98. The van der Waals surface area contributed by atoms with Crippen LogP contribution in [0.15, 0.2) is 41.5 Å². The average molecular weight is 435 g/mol. The Bertz CT molecular complexity index is 893. The average Bonchev–Trinajstić information content (AvgIpc) is 3.01. The van der Waals surface area contributed by atoms with Gasteiger partial charge < -0.3 is 4.74 Å². The second-order valence-electron chi connectivity index (χ2n) is 5.24. The molecule has 1 N–H and O–H groups in total. The van der Waals surface area contributed by atoms with Gasteiger partial charge in [-0.1, -0.05) is 23.7 Å². The van der Waals surface area contributed by atoms with Gasteiger partial charge in [0.05, 0.1) is 16.5 Å². The Balaban J connectivity index is 2.31. The molecule has 0 aliphatic carbocycles. The van der Waals surface area contributed by atoms with Crippen molar-refractivity contribution in [2.45, 2.75) is 5.75 Å². The molecular formula is C16H16Cl2N2O4S2. The molecular weight excluding hydrogens is 419 g/mol. The molecule has 0 aliphatic heterocycles. The minimum atomic E-state index is -3.14. The van der Waals surface area contributed by atoms with Gasteiger partial charge in [-0.3, -0.25) is 0 Å². The van der Waals surface area contributed by atoms with Gasteiger partial charge in [0.25, 0.3) is 0 Å². The Labute approximate surface area is 165 Å². The first-order valence-electron chi connectivity index (χ1n) is 7.37. The molecule has 2 aromatic rings. The number of alkyl halides is 1. The lowest BCUT2D eigenvalue weighted by atomic mass is 10.1. The van der Waals surface area contributed by atoms with E-state index in [1.165, 1.54) is 17.6 Å². The smallest absolute Gasteiger partial charge is 0.427 e. The van der Waals surface area contributed by atoms with Crippen molar-refractivity contribution in [2.75, 3.05) is 18.7 Å². The van der Waals surface area contributed by atoms with Crippen molar-refractivity contribution >= 4 is 56.2 Å². The Morgan fingerprint density at radius 3 is 2.54 bits per heavy atom. The molecule has 1 aromatic carbocycles. The molecule has 140 valence electrons. The van der Waals surface area contributed by atoms with Gasteiger partial charge in [0.1, 0.15) is 12.3 Å². The summed E-state index contributed by atoms with van der Waals surface area (Å²) in [5.74, 6) is 0.123. The minimum Gasteiger partial charge on any atom is -0.447 e. The first-order valence-corrected chi connectivity index (χ1v) is 11.2. The highest BCUT2D eigenvalue weighted by molar-refractivity contribution is 7.90. The summed E-state index contributed by atoms with van der Waals surface area (Å²) in [4.78, 5) is 13.0. The van der Waals surface area contributed by atoms with Crippen LogP contribution in [-0.4, -0.2) is 39.0 Å². The highest BCUT2D eigenvalue weighted by atomic mass is 35.5. The lowest BCUT2D eigenvalue weighted by molar-refractivity contribution is 0.153. The fourth-order valence-corrected chi connectivity index (χ4v) is 4.48. The van der Waals surface area contributed by atoms with Gasteiger partial charge >= 0.3 is 6.09 Å². The number of sulfone groups is 1. The Kier molecular flexibility index (Phi) is 7.45. The summed E-state index contributed by atoms with van der Waals surface area (Å²) >= 11 is 12.7. The predicted octanol–water partition coefficient (Wildman–Crippen LogP) is 3.66. The quantitative estimate of drug-likeness (QED) is 0.409. The SMILES string of the molecule is CS(=O)(=O)Cc1ccc(C(=NNC(=O)OCCCl)c2ccc(Cl)cc2)s1. The van der Waals surface area contributed by atoms with Crippen LogP contribution in [0, 0.1) is 0 Å². The van der Waals surface area contributed by atoms with Crippen LogP contribution in [0.3, 0.4) is 0 Å². The zero-order valence-corrected chi connectivity index (χ0v) is 16.9. The number of hydrogen-bond donors (Lipinski definition) is 1. The molecule has 0 bridgehead atoms. The van der Waals surface area contributed by atoms with Crippen molar-refractivity contribution in [1.29, 1.82) is 0 Å². The molecule has 10 heteroatoms. The van der Waals surface area contributed by atoms with Crippen molar-refractivity contribution in [3.05, 3.63) is 56.7 Å². The van der Waals surface area contributed by atoms with Crippen LogP contribution < -0.4 is 5.43 Å². The van der Waals surface area contributed by atoms with E-state index in [0.717, 1.165) is 0 Å². The van der Waals surface area contributed by atoms with Crippen LogP contribution in [0.25, 0.3) is 0 Å². The maximum atomic E-state index is 11.6. The maximum Gasteiger partial charge on any atom is 0.427 e. The first-order chi connectivity index (χ1) is 12.3. The van der Waals surface area contributed by atoms with Crippen molar-refractivity contribution in [1.82, 2.24) is 5.43 Å². The number of thiophene rings is 1. The van der Waals surface area contributed by atoms with Gasteiger partial charge in [-0.2, -0.15) is 5.10 Å². The number of amides is 1. The molecule has 0 saturated heterocycles. The number of nitrogens with one attached hydrogen (secondary N) is 1. The van der Waals surface area contributed by atoms with Crippen LogP contribution in [0.1, 0.15) is 15.3 Å². The lowest BCUT2D eigenvalue weighted by Crippen LogP contribution is -2.22. The van der Waals surface area contributed by atoms with E-state index in [-0.39, 0.29) is 18.2 Å². The highest BCUT2D eigenvalue weighted by Gasteiger charge is 2.14. The van der Waals surface area contributed by atoms with E-state index >= 15 is 0 Å². The standard InChI is InChI=1S/C16H16Cl2N2O4S2/c1-26(22,23)10-13-6-7-14(25-13)15(11-2-4-12(18)5-3-11)19-20-16(21)24-9-8-17/h2-7H,8-10H2,1H3,(H,20,21). The van der Waals surface area contributed by atoms with Gasteiger partial charge in [0.2, 0.25) is 0 Å². The normalized spacial score (nSPS) is 12.0. The summed E-state index contributed by atoms with van der Waals surface area (Å²) in [5, 5.41) is 4.69. The van der Waals surface area contributed by atoms with Crippen LogP contribution in [-0.2, 0) is 20.3 Å². The van der Waals surface area contributed by atoms with Gasteiger partial charge in [-0.25, -0.2) is 18.6 Å². The summed E-state index contributed by atoms with van der Waals surface area (Å²) in [7, 11) is -3.14. The van der Waals surface area contributed by atoms with Crippen LogP contribution in [0.2, 0.25) is 5.02 Å². The number of hydrogen-bond acceptors (Lipinski definition) is 6. The molecule has 2 rings (SSSR count). The van der Waals surface area contributed by atoms with E-state index in [4.69, 9.17) is 27.9 Å². The van der Waals surface area contributed by atoms with Gasteiger partial charge in [0, 0.05) is 21.7 Å². The molecule has 0 aliphatic rings. The van der Waals surface area contributed by atoms with Crippen molar-refractivity contribution in [2.24, 2.45) is 5.10 Å². The first kappa shape index (κ1) is 20.7. The van der Waals surface area contributed by atoms with E-state index in [1.54, 1.807) is 36.4 Å². The molecule has 0 fully saturated rings. The van der Waals surface area contributed by atoms with E-state index in [2.05, 4.69) is 10.5 Å². The van der Waals surface area contributed by atoms with Gasteiger partial charge in [-0.05, 0) is 24.3 Å². The number of carbonyl (C=O) groups excluding carboxylic acids is 1. The van der Waals surface area contributed by atoms with E-state index in [1.807, 2.05) is 0 Å². The molecule has 0 atom stereocenters. The van der Waals surface area contributed by atoms with E-state index < -0.39 is 15.9 Å². The number of nitrogens with zero attached hydrogens (tertiary/aromatic N) is 1. The zero-order valence-electron chi connectivity index (χ0n) is 13.7. The fraction of sp³-hybridized carbons (Fsp3) is 0.250. The zero-order chi connectivity index (χ0) is 19.2. The van der Waals surface area contributed by atoms with Crippen molar-refractivity contribution in [3.8, 4) is 0 Å². The topological polar surface area (TPSA) is 84.8 Å². The van der Waals surface area contributed by atoms with E-state index in [0.29, 0.717) is 26.1 Å². The number of benzene rings is 1. The third-order valence-electron chi connectivity index (χ3n) is 2.99. The summed E-state index contributed by atoms with van der Waals surface area (Å²) in [6.07, 6.45) is 0.444. The number of ether oxygens (including phenoxy) is 1. The monoisotopic (exact) mass is 434 g/mol. The third-order valence-corrected chi connectivity index (χ3v) is 5.50. The van der Waals surface area contributed by atoms with E-state index in [9.17, 15) is 13.2 Å². The van der Waals surface area contributed by atoms with Crippen LogP contribution >= 0.6 is 34.5 Å². The summed E-state index contributed by atoms with van der Waals surface area (Å²) in [5.41, 5.74) is 3.49. The molecule has 1 aromatic heterocycles. The lowest BCUT2D eigenvalue weighted by Gasteiger charge is -2.06. The molecule has 1 heterocycles. The molecule has 26 heavy (non-hydrogen) atoms. The molecule has 0 saturated carbocycles. The Hall–Kier alpha value is -1.61. The second kappa shape index (κ2) is 9.36. The third kappa shape index (κ3) is 6.60. The summed E-state index contributed by atoms with van der Waals surface area (Å²) in [6, 6.07) is 10.4. The number of rotatable bonds is 7. The number of hydrazone groups is 1. The molecule has 0 unspecified atom stereocenters. The Morgan fingerprint density at radius 1 is 1.23 bits per heavy atom. The molecule has 0 spiro atoms. The van der Waals surface area contributed by atoms with Crippen LogP contribution in [0.5, 0.6) is 0 Å². The largest absolute Gasteiger partial charge is 0.447 e. The summed E-state index contributed by atoms with van der Waals surface area (Å²) < 4.78 is 27.8. The number of carbonyl (C=O) groups is 1. The number of halogens is 2. The van der Waals surface area contributed by atoms with Gasteiger partial charge in [-0.15, -0.1) is 22.9 Å². The summed E-state index contributed by atoms with van der Waals surface area (Å²) in [6.45, 7) is 0.0662. The molecule has 0 radical (unpaired) electrons. The molecule has 1 amide bonds. The second-order valence-corrected chi connectivity index (χ2v) is 9.36. The predicted molar refractivity (Wildman–Crippen MR) is 105 cm³/mol. The molecule has 6 nitrogen and oxygen atoms in total. The van der Waals surface area contributed by atoms with Crippen molar-refractivity contribution < 1.29 is 17.9 Å². The van der Waals surface area contributed by atoms with Crippen molar-refractivity contribution in [3.63, 3.8) is 0 Å². The van der Waals surface area contributed by atoms with Gasteiger partial charge in [0.15, 0.2) is 9.84 Å². The minimum absolute atomic E-state index is 0.0588. The highest BCUT2D eigenvalue weighted by Crippen LogP contribution is 2.23. The van der Waals surface area contributed by atoms with Crippen LogP contribution in [0.4, 0.5) is 4.79 Å². The Morgan fingerprint density at radius 2 is 1.92 bits per heavy atom.